The number of halogens is 2. The van der Waals surface area contributed by atoms with Gasteiger partial charge in [-0.25, -0.2) is 18.4 Å². The summed E-state index contributed by atoms with van der Waals surface area (Å²) in [6.07, 6.45) is 2.67. The first-order chi connectivity index (χ1) is 16.7. The fourth-order valence-corrected chi connectivity index (χ4v) is 7.45. The highest BCUT2D eigenvalue weighted by Gasteiger charge is 2.39. The molecule has 0 radical (unpaired) electrons. The van der Waals surface area contributed by atoms with Crippen molar-refractivity contribution in [2.75, 3.05) is 58.7 Å². The monoisotopic (exact) mass is 542 g/mol. The number of fused-ring (bicyclic) bond motifs is 1. The molecule has 1 aromatic carbocycles. The standard InChI is InChI=1S/C24H36Cl2N6O2S/c1-30(2)11-5-10-27-24-19-6-3-4-7-22(19)28-23(29-24)17-31-12-14-32(15-13-31)35(33,34)18-8-9-20(25)21(26)16-18/h3-4,6-7,18,20-21H,5,8-17H2,1-2H3,(H,27,28,29). The summed E-state index contributed by atoms with van der Waals surface area (Å²) < 4.78 is 28.0. The van der Waals surface area contributed by atoms with Crippen LogP contribution in [0.3, 0.4) is 0 Å². The number of nitrogens with zero attached hydrogens (tertiary/aromatic N) is 5. The molecule has 1 saturated carbocycles. The molecule has 2 fully saturated rings. The molecule has 1 N–H and O–H groups in total. The average molecular weight is 544 g/mol. The number of anilines is 1. The van der Waals surface area contributed by atoms with Crippen molar-refractivity contribution < 1.29 is 8.42 Å². The molecule has 0 bridgehead atoms. The lowest BCUT2D eigenvalue weighted by molar-refractivity contribution is 0.177. The Kier molecular flexibility index (Phi) is 9.10. The van der Waals surface area contributed by atoms with Gasteiger partial charge in [0.05, 0.1) is 28.1 Å². The Labute approximate surface area is 219 Å². The molecule has 0 amide bonds. The van der Waals surface area contributed by atoms with Gasteiger partial charge in [0.15, 0.2) is 0 Å². The number of para-hydroxylation sites is 1. The fourth-order valence-electron chi connectivity index (χ4n) is 4.80. The third-order valence-electron chi connectivity index (χ3n) is 6.85. The Morgan fingerprint density at radius 3 is 2.51 bits per heavy atom. The van der Waals surface area contributed by atoms with E-state index in [1.807, 2.05) is 24.3 Å². The van der Waals surface area contributed by atoms with Crippen molar-refractivity contribution in [1.82, 2.24) is 24.1 Å². The van der Waals surface area contributed by atoms with Crippen molar-refractivity contribution in [1.29, 1.82) is 0 Å². The Balaban J connectivity index is 1.38. The van der Waals surface area contributed by atoms with E-state index in [9.17, 15) is 8.42 Å². The number of alkyl halides is 2. The highest BCUT2D eigenvalue weighted by atomic mass is 35.5. The molecular formula is C24H36Cl2N6O2S. The molecule has 2 heterocycles. The molecule has 3 atom stereocenters. The summed E-state index contributed by atoms with van der Waals surface area (Å²) in [6, 6.07) is 8.04. The lowest BCUT2D eigenvalue weighted by Crippen LogP contribution is -2.52. The molecule has 3 unspecified atom stereocenters. The first-order valence-corrected chi connectivity index (χ1v) is 14.8. The zero-order chi connectivity index (χ0) is 25.0. The third-order valence-corrected chi connectivity index (χ3v) is 10.3. The lowest BCUT2D eigenvalue weighted by atomic mass is 9.99. The van der Waals surface area contributed by atoms with Gasteiger partial charge in [0, 0.05) is 38.1 Å². The second kappa shape index (κ2) is 11.9. The number of piperazine rings is 1. The van der Waals surface area contributed by atoms with Crippen molar-refractivity contribution >= 4 is 49.9 Å². The van der Waals surface area contributed by atoms with Crippen LogP contribution in [0.4, 0.5) is 5.82 Å². The molecule has 2 aromatic rings. The molecule has 1 aliphatic heterocycles. The number of nitrogens with one attached hydrogen (secondary N) is 1. The van der Waals surface area contributed by atoms with Crippen molar-refractivity contribution in [2.24, 2.45) is 0 Å². The molecule has 1 aliphatic carbocycles. The number of hydrogen-bond donors (Lipinski definition) is 1. The maximum Gasteiger partial charge on any atom is 0.217 e. The van der Waals surface area contributed by atoms with E-state index in [2.05, 4.69) is 29.2 Å². The van der Waals surface area contributed by atoms with Crippen molar-refractivity contribution in [2.45, 2.75) is 48.2 Å². The van der Waals surface area contributed by atoms with E-state index in [0.29, 0.717) is 52.0 Å². The first-order valence-electron chi connectivity index (χ1n) is 12.4. The zero-order valence-electron chi connectivity index (χ0n) is 20.5. The van der Waals surface area contributed by atoms with Gasteiger partial charge in [-0.05, 0) is 58.5 Å². The van der Waals surface area contributed by atoms with Crippen LogP contribution in [0.15, 0.2) is 24.3 Å². The Bertz CT molecular complexity index is 1090. The molecule has 8 nitrogen and oxygen atoms in total. The minimum atomic E-state index is -3.37. The molecule has 11 heteroatoms. The van der Waals surface area contributed by atoms with Gasteiger partial charge in [0.2, 0.25) is 10.0 Å². The van der Waals surface area contributed by atoms with Gasteiger partial charge in [-0.15, -0.1) is 23.2 Å². The number of sulfonamides is 1. The van der Waals surface area contributed by atoms with E-state index in [0.717, 1.165) is 42.1 Å². The van der Waals surface area contributed by atoms with Gasteiger partial charge in [-0.3, -0.25) is 4.90 Å². The Morgan fingerprint density at radius 1 is 1.06 bits per heavy atom. The van der Waals surface area contributed by atoms with E-state index in [-0.39, 0.29) is 10.8 Å². The van der Waals surface area contributed by atoms with Gasteiger partial charge in [-0.2, -0.15) is 4.31 Å². The largest absolute Gasteiger partial charge is 0.369 e. The van der Waals surface area contributed by atoms with Crippen LogP contribution in [-0.4, -0.2) is 102 Å². The van der Waals surface area contributed by atoms with Crippen LogP contribution in [0.5, 0.6) is 0 Å². The minimum absolute atomic E-state index is 0.144. The molecule has 194 valence electrons. The van der Waals surface area contributed by atoms with E-state index < -0.39 is 15.3 Å². The van der Waals surface area contributed by atoms with Crippen molar-refractivity contribution in [3.63, 3.8) is 0 Å². The molecule has 1 aromatic heterocycles. The number of aromatic nitrogens is 2. The van der Waals surface area contributed by atoms with Gasteiger partial charge in [0.1, 0.15) is 11.6 Å². The van der Waals surface area contributed by atoms with Crippen LogP contribution in [0.25, 0.3) is 10.9 Å². The number of rotatable bonds is 9. The minimum Gasteiger partial charge on any atom is -0.369 e. The quantitative estimate of drug-likeness (QED) is 0.384. The van der Waals surface area contributed by atoms with Crippen molar-refractivity contribution in [3.8, 4) is 0 Å². The molecule has 2 aliphatic rings. The summed E-state index contributed by atoms with van der Waals surface area (Å²) in [5.41, 5.74) is 0.916. The fraction of sp³-hybridized carbons (Fsp3) is 0.667. The predicted molar refractivity (Wildman–Crippen MR) is 144 cm³/mol. The van der Waals surface area contributed by atoms with E-state index in [1.165, 1.54) is 0 Å². The second-order valence-electron chi connectivity index (χ2n) is 9.78. The summed E-state index contributed by atoms with van der Waals surface area (Å²) in [6.45, 7) is 4.68. The highest BCUT2D eigenvalue weighted by molar-refractivity contribution is 7.89. The Morgan fingerprint density at radius 2 is 1.80 bits per heavy atom. The first kappa shape index (κ1) is 26.8. The summed E-state index contributed by atoms with van der Waals surface area (Å²) in [7, 11) is 0.770. The average Bonchev–Trinajstić information content (AvgIpc) is 2.83. The van der Waals surface area contributed by atoms with Gasteiger partial charge >= 0.3 is 0 Å². The summed E-state index contributed by atoms with van der Waals surface area (Å²) in [5.74, 6) is 1.61. The zero-order valence-corrected chi connectivity index (χ0v) is 22.9. The molecule has 1 saturated heterocycles. The van der Waals surface area contributed by atoms with Crippen LogP contribution in [0, 0.1) is 0 Å². The highest BCUT2D eigenvalue weighted by Crippen LogP contribution is 2.33. The maximum absolute atomic E-state index is 13.2. The summed E-state index contributed by atoms with van der Waals surface area (Å²) >= 11 is 12.5. The molecular weight excluding hydrogens is 507 g/mol. The topological polar surface area (TPSA) is 81.7 Å². The third kappa shape index (κ3) is 6.76. The van der Waals surface area contributed by atoms with E-state index in [4.69, 9.17) is 33.2 Å². The summed E-state index contributed by atoms with van der Waals surface area (Å²) in [5, 5.41) is 3.63. The summed E-state index contributed by atoms with van der Waals surface area (Å²) in [4.78, 5) is 14.0. The molecule has 4 rings (SSSR count). The lowest BCUT2D eigenvalue weighted by Gasteiger charge is -2.37. The van der Waals surface area contributed by atoms with Crippen LogP contribution in [-0.2, 0) is 16.6 Å². The van der Waals surface area contributed by atoms with Crippen LogP contribution in [0.2, 0.25) is 0 Å². The molecule has 0 spiro atoms. The van der Waals surface area contributed by atoms with E-state index in [1.54, 1.807) is 4.31 Å². The number of benzene rings is 1. The van der Waals surface area contributed by atoms with Crippen molar-refractivity contribution in [3.05, 3.63) is 30.1 Å². The van der Waals surface area contributed by atoms with Crippen LogP contribution < -0.4 is 5.32 Å². The smallest absolute Gasteiger partial charge is 0.217 e. The number of hydrogen-bond acceptors (Lipinski definition) is 7. The Hall–Kier alpha value is -1.23. The SMILES string of the molecule is CN(C)CCCNc1nc(CN2CCN(S(=O)(=O)C3CCC(Cl)C(Cl)C3)CC2)nc2ccccc12. The van der Waals surface area contributed by atoms with Gasteiger partial charge in [0.25, 0.3) is 0 Å². The van der Waals surface area contributed by atoms with E-state index >= 15 is 0 Å². The van der Waals surface area contributed by atoms with Crippen LogP contribution >= 0.6 is 23.2 Å². The predicted octanol–water partition coefficient (Wildman–Crippen LogP) is 3.21. The maximum atomic E-state index is 13.2. The van der Waals surface area contributed by atoms with Gasteiger partial charge < -0.3 is 10.2 Å². The normalized spacial score (nSPS) is 24.8. The second-order valence-corrected chi connectivity index (χ2v) is 13.1. The van der Waals surface area contributed by atoms with Gasteiger partial charge in [-0.1, -0.05) is 12.1 Å². The molecule has 35 heavy (non-hydrogen) atoms. The van der Waals surface area contributed by atoms with Crippen LogP contribution in [0.1, 0.15) is 31.5 Å².